The molecule has 0 heterocycles. The molecule has 0 saturated heterocycles. The van der Waals surface area contributed by atoms with Crippen LogP contribution in [0.3, 0.4) is 0 Å². The number of esters is 2. The summed E-state index contributed by atoms with van der Waals surface area (Å²) in [6.45, 7) is 19.4. The number of rotatable bonds is 20. The van der Waals surface area contributed by atoms with E-state index in [1.54, 1.807) is 0 Å². The van der Waals surface area contributed by atoms with Gasteiger partial charge in [-0.25, -0.2) is 0 Å². The largest absolute Gasteiger partial charge is 0.465 e. The van der Waals surface area contributed by atoms with Crippen molar-refractivity contribution in [3.8, 4) is 0 Å². The van der Waals surface area contributed by atoms with E-state index < -0.39 is 0 Å². The lowest BCUT2D eigenvalue weighted by Crippen LogP contribution is -2.29. The third-order valence-electron chi connectivity index (χ3n) is 8.87. The standard InChI is InChI=1S/C34H64O4/c1-9-21-33(5,6)23-13-11-15-27(3)25-37-31(35)29-17-19-30(20-18-29)32(36)38-26-28(4)16-12-14-24-34(7,8)22-10-2/h27-30H,9-26H2,1-8H3. The van der Waals surface area contributed by atoms with Gasteiger partial charge in [-0.15, -0.1) is 0 Å². The van der Waals surface area contributed by atoms with Gasteiger partial charge in [0.05, 0.1) is 25.0 Å². The van der Waals surface area contributed by atoms with Crippen LogP contribution < -0.4 is 0 Å². The molecule has 2 unspecified atom stereocenters. The maximum absolute atomic E-state index is 12.6. The average molecular weight is 537 g/mol. The Morgan fingerprint density at radius 2 is 0.974 bits per heavy atom. The normalized spacial score (nSPS) is 20.1. The van der Waals surface area contributed by atoms with E-state index in [1.165, 1.54) is 64.2 Å². The molecular formula is C34H64O4. The molecule has 1 rings (SSSR count). The smallest absolute Gasteiger partial charge is 0.308 e. The van der Waals surface area contributed by atoms with Crippen molar-refractivity contribution in [3.05, 3.63) is 0 Å². The van der Waals surface area contributed by atoms with Crippen LogP contribution in [-0.4, -0.2) is 25.2 Å². The van der Waals surface area contributed by atoms with Gasteiger partial charge in [0.15, 0.2) is 0 Å². The molecule has 0 aromatic rings. The SMILES string of the molecule is CCCC(C)(C)CCCCC(C)COC(=O)C1CCC(C(=O)OCC(C)CCCCC(C)(C)CCC)CC1. The Balaban J connectivity index is 2.17. The second-order valence-corrected chi connectivity index (χ2v) is 14.3. The molecule has 1 aliphatic rings. The molecule has 4 heteroatoms. The molecule has 2 atom stereocenters. The summed E-state index contributed by atoms with van der Waals surface area (Å²) in [6.07, 6.45) is 17.7. The van der Waals surface area contributed by atoms with Crippen LogP contribution in [0.5, 0.6) is 0 Å². The van der Waals surface area contributed by atoms with Crippen molar-refractivity contribution >= 4 is 11.9 Å². The zero-order valence-corrected chi connectivity index (χ0v) is 26.7. The van der Waals surface area contributed by atoms with Gasteiger partial charge in [0, 0.05) is 0 Å². The predicted octanol–water partition coefficient (Wildman–Crippen LogP) is 9.92. The lowest BCUT2D eigenvalue weighted by atomic mass is 9.82. The van der Waals surface area contributed by atoms with Gasteiger partial charge in [0.1, 0.15) is 0 Å². The predicted molar refractivity (Wildman–Crippen MR) is 160 cm³/mol. The molecule has 1 saturated carbocycles. The van der Waals surface area contributed by atoms with E-state index in [9.17, 15) is 9.59 Å². The summed E-state index contributed by atoms with van der Waals surface area (Å²) in [5.74, 6) is 0.565. The van der Waals surface area contributed by atoms with E-state index in [-0.39, 0.29) is 23.8 Å². The maximum atomic E-state index is 12.6. The molecule has 0 aromatic carbocycles. The Labute approximate surface area is 236 Å². The fourth-order valence-electron chi connectivity index (χ4n) is 6.21. The number of hydrogen-bond donors (Lipinski definition) is 0. The fourth-order valence-corrected chi connectivity index (χ4v) is 6.21. The summed E-state index contributed by atoms with van der Waals surface area (Å²) >= 11 is 0. The van der Waals surface area contributed by atoms with Crippen molar-refractivity contribution in [3.63, 3.8) is 0 Å². The summed E-state index contributed by atoms with van der Waals surface area (Å²) < 4.78 is 11.4. The highest BCUT2D eigenvalue weighted by atomic mass is 16.5. The Morgan fingerprint density at radius 1 is 0.632 bits per heavy atom. The van der Waals surface area contributed by atoms with Crippen LogP contribution in [0, 0.1) is 34.5 Å². The zero-order chi connectivity index (χ0) is 28.6. The van der Waals surface area contributed by atoms with Crippen LogP contribution in [0.25, 0.3) is 0 Å². The van der Waals surface area contributed by atoms with E-state index in [0.29, 0.717) is 35.9 Å². The van der Waals surface area contributed by atoms with Crippen molar-refractivity contribution in [2.24, 2.45) is 34.5 Å². The van der Waals surface area contributed by atoms with Gasteiger partial charge in [-0.3, -0.25) is 9.59 Å². The summed E-state index contributed by atoms with van der Waals surface area (Å²) in [5, 5.41) is 0. The van der Waals surface area contributed by atoms with E-state index in [4.69, 9.17) is 9.47 Å². The molecule has 224 valence electrons. The van der Waals surface area contributed by atoms with E-state index in [2.05, 4.69) is 55.4 Å². The van der Waals surface area contributed by atoms with Gasteiger partial charge < -0.3 is 9.47 Å². The van der Waals surface area contributed by atoms with Crippen molar-refractivity contribution < 1.29 is 19.1 Å². The number of carbonyl (C=O) groups is 2. The molecule has 0 aliphatic heterocycles. The average Bonchev–Trinajstić information content (AvgIpc) is 2.86. The maximum Gasteiger partial charge on any atom is 0.308 e. The summed E-state index contributed by atoms with van der Waals surface area (Å²) in [6, 6.07) is 0. The van der Waals surface area contributed by atoms with Crippen molar-refractivity contribution in [2.45, 2.75) is 158 Å². The quantitative estimate of drug-likeness (QED) is 0.115. The van der Waals surface area contributed by atoms with Gasteiger partial charge in [-0.1, -0.05) is 93.9 Å². The van der Waals surface area contributed by atoms with Crippen LogP contribution >= 0.6 is 0 Å². The van der Waals surface area contributed by atoms with Crippen LogP contribution in [0.4, 0.5) is 0 Å². The molecule has 38 heavy (non-hydrogen) atoms. The fraction of sp³-hybridized carbons (Fsp3) is 0.941. The second kappa shape index (κ2) is 18.3. The van der Waals surface area contributed by atoms with Crippen molar-refractivity contribution in [1.29, 1.82) is 0 Å². The number of hydrogen-bond acceptors (Lipinski definition) is 4. The third kappa shape index (κ3) is 15.5. The van der Waals surface area contributed by atoms with Gasteiger partial charge >= 0.3 is 11.9 Å². The number of unbranched alkanes of at least 4 members (excludes halogenated alkanes) is 2. The molecule has 1 fully saturated rings. The molecule has 0 amide bonds. The van der Waals surface area contributed by atoms with Crippen LogP contribution in [0.15, 0.2) is 0 Å². The Bertz CT molecular complexity index is 589. The van der Waals surface area contributed by atoms with Gasteiger partial charge in [0.2, 0.25) is 0 Å². The number of ether oxygens (including phenoxy) is 2. The van der Waals surface area contributed by atoms with Crippen LogP contribution in [0.2, 0.25) is 0 Å². The third-order valence-corrected chi connectivity index (χ3v) is 8.87. The molecule has 0 radical (unpaired) electrons. The molecule has 4 nitrogen and oxygen atoms in total. The van der Waals surface area contributed by atoms with Crippen molar-refractivity contribution in [2.75, 3.05) is 13.2 Å². The Hall–Kier alpha value is -1.06. The summed E-state index contributed by atoms with van der Waals surface area (Å²) in [4.78, 5) is 25.2. The van der Waals surface area contributed by atoms with Gasteiger partial charge in [-0.05, 0) is 86.9 Å². The molecule has 0 aromatic heterocycles. The van der Waals surface area contributed by atoms with E-state index in [1.807, 2.05) is 0 Å². The van der Waals surface area contributed by atoms with E-state index >= 15 is 0 Å². The Morgan fingerprint density at radius 3 is 1.29 bits per heavy atom. The first kappa shape index (κ1) is 35.0. The Kier molecular flexibility index (Phi) is 16.9. The highest BCUT2D eigenvalue weighted by molar-refractivity contribution is 5.75. The number of carbonyl (C=O) groups excluding carboxylic acids is 2. The molecule has 0 spiro atoms. The molecule has 1 aliphatic carbocycles. The van der Waals surface area contributed by atoms with Crippen LogP contribution in [0.1, 0.15) is 158 Å². The minimum absolute atomic E-state index is 0.0584. The minimum Gasteiger partial charge on any atom is -0.465 e. The first-order chi connectivity index (χ1) is 17.9. The summed E-state index contributed by atoms with van der Waals surface area (Å²) in [5.41, 5.74) is 0.887. The molecule has 0 N–H and O–H groups in total. The highest BCUT2D eigenvalue weighted by Gasteiger charge is 2.32. The summed E-state index contributed by atoms with van der Waals surface area (Å²) in [7, 11) is 0. The first-order valence-corrected chi connectivity index (χ1v) is 16.2. The molecular weight excluding hydrogens is 472 g/mol. The zero-order valence-electron chi connectivity index (χ0n) is 26.7. The van der Waals surface area contributed by atoms with Crippen molar-refractivity contribution in [1.82, 2.24) is 0 Å². The van der Waals surface area contributed by atoms with Gasteiger partial charge in [0.25, 0.3) is 0 Å². The second-order valence-electron chi connectivity index (χ2n) is 14.3. The monoisotopic (exact) mass is 536 g/mol. The van der Waals surface area contributed by atoms with Crippen LogP contribution in [-0.2, 0) is 19.1 Å². The molecule has 0 bridgehead atoms. The lowest BCUT2D eigenvalue weighted by Gasteiger charge is -2.27. The lowest BCUT2D eigenvalue weighted by molar-refractivity contribution is -0.156. The first-order valence-electron chi connectivity index (χ1n) is 16.2. The van der Waals surface area contributed by atoms with E-state index in [0.717, 1.165) is 38.5 Å². The topological polar surface area (TPSA) is 52.6 Å². The van der Waals surface area contributed by atoms with Gasteiger partial charge in [-0.2, -0.15) is 0 Å². The highest BCUT2D eigenvalue weighted by Crippen LogP contribution is 2.32. The minimum atomic E-state index is -0.0662.